The number of hydrogen-bond donors (Lipinski definition) is 1. The molecule has 15 heavy (non-hydrogen) atoms. The smallest absolute Gasteiger partial charge is 0.306 e. The summed E-state index contributed by atoms with van der Waals surface area (Å²) in [6.07, 6.45) is 3.60. The van der Waals surface area contributed by atoms with E-state index in [-0.39, 0.29) is 12.1 Å². The maximum atomic E-state index is 11.4. The minimum absolute atomic E-state index is 0.156. The molecule has 1 aliphatic carbocycles. The molecule has 0 spiro atoms. The van der Waals surface area contributed by atoms with Crippen LogP contribution in [0.2, 0.25) is 0 Å². The molecule has 2 aliphatic rings. The van der Waals surface area contributed by atoms with Crippen molar-refractivity contribution in [3.63, 3.8) is 0 Å². The Hall–Kier alpha value is -0.830. The molecule has 1 fully saturated rings. The van der Waals surface area contributed by atoms with Gasteiger partial charge in [0.2, 0.25) is 0 Å². The Morgan fingerprint density at radius 1 is 1.60 bits per heavy atom. The van der Waals surface area contributed by atoms with Crippen molar-refractivity contribution in [3.8, 4) is 0 Å². The Labute approximate surface area is 90.1 Å². The fourth-order valence-electron chi connectivity index (χ4n) is 2.70. The number of ether oxygens (including phenoxy) is 1. The molecule has 0 aromatic carbocycles. The lowest BCUT2D eigenvalue weighted by molar-refractivity contribution is -0.172. The van der Waals surface area contributed by atoms with Gasteiger partial charge in [0.1, 0.15) is 12.2 Å². The van der Waals surface area contributed by atoms with E-state index in [2.05, 4.69) is 13.0 Å². The number of hydrogen-bond acceptors (Lipinski definition) is 3. The molecule has 0 amide bonds. The first-order chi connectivity index (χ1) is 7.13. The fourth-order valence-corrected chi connectivity index (χ4v) is 2.70. The molecule has 2 rings (SSSR count). The summed E-state index contributed by atoms with van der Waals surface area (Å²) in [6.45, 7) is 3.99. The second kappa shape index (κ2) is 3.97. The highest BCUT2D eigenvalue weighted by Crippen LogP contribution is 2.38. The maximum absolute atomic E-state index is 11.4. The zero-order valence-electron chi connectivity index (χ0n) is 9.27. The van der Waals surface area contributed by atoms with Gasteiger partial charge in [-0.2, -0.15) is 0 Å². The first-order valence-corrected chi connectivity index (χ1v) is 5.67. The summed E-state index contributed by atoms with van der Waals surface area (Å²) in [5, 5.41) is 9.96. The molecule has 1 aliphatic heterocycles. The summed E-state index contributed by atoms with van der Waals surface area (Å²) in [6, 6.07) is 0. The van der Waals surface area contributed by atoms with Gasteiger partial charge in [0.15, 0.2) is 0 Å². The van der Waals surface area contributed by atoms with E-state index >= 15 is 0 Å². The Morgan fingerprint density at radius 2 is 2.33 bits per heavy atom. The van der Waals surface area contributed by atoms with E-state index in [1.165, 1.54) is 0 Å². The Bertz CT molecular complexity index is 295. The van der Waals surface area contributed by atoms with Gasteiger partial charge in [-0.05, 0) is 24.8 Å². The minimum Gasteiger partial charge on any atom is -0.459 e. The lowest BCUT2D eigenvalue weighted by atomic mass is 9.73. The molecular formula is C12H18O3. The Kier molecular flexibility index (Phi) is 2.83. The van der Waals surface area contributed by atoms with Crippen LogP contribution in [-0.4, -0.2) is 23.3 Å². The molecular weight excluding hydrogens is 192 g/mol. The molecule has 1 saturated heterocycles. The van der Waals surface area contributed by atoms with Crippen molar-refractivity contribution in [2.24, 2.45) is 11.8 Å². The number of fused-ring (bicyclic) bond motifs is 1. The number of rotatable bonds is 1. The van der Waals surface area contributed by atoms with Crippen molar-refractivity contribution in [2.75, 3.05) is 0 Å². The molecule has 84 valence electrons. The summed E-state index contributed by atoms with van der Waals surface area (Å²) in [5.74, 6) is 0.526. The third-order valence-electron chi connectivity index (χ3n) is 3.74. The van der Waals surface area contributed by atoms with Gasteiger partial charge in [0.25, 0.3) is 0 Å². The zero-order chi connectivity index (χ0) is 11.0. The molecule has 0 aromatic heterocycles. The Balaban J connectivity index is 2.22. The molecule has 0 saturated carbocycles. The molecule has 4 atom stereocenters. The van der Waals surface area contributed by atoms with Crippen LogP contribution in [0, 0.1) is 11.8 Å². The predicted molar refractivity (Wildman–Crippen MR) is 56.1 cm³/mol. The van der Waals surface area contributed by atoms with Crippen LogP contribution in [0.1, 0.15) is 33.1 Å². The standard InChI is InChI=1S/C12H18O3/c1-3-8-6-10(13)15-12-9(8)5-4-7(2)11(12)14/h4,8-9,11-12,14H,3,5-6H2,1-2H3/t8?,9-,11-,12-/m1/s1. The van der Waals surface area contributed by atoms with Crippen molar-refractivity contribution in [2.45, 2.75) is 45.3 Å². The third-order valence-corrected chi connectivity index (χ3v) is 3.74. The number of aliphatic hydroxyl groups excluding tert-OH is 1. The quantitative estimate of drug-likeness (QED) is 0.529. The van der Waals surface area contributed by atoms with Crippen molar-refractivity contribution in [3.05, 3.63) is 11.6 Å². The van der Waals surface area contributed by atoms with Gasteiger partial charge in [-0.1, -0.05) is 19.4 Å². The Morgan fingerprint density at radius 3 is 3.00 bits per heavy atom. The highest BCUT2D eigenvalue weighted by Gasteiger charge is 2.43. The summed E-state index contributed by atoms with van der Waals surface area (Å²) < 4.78 is 5.28. The van der Waals surface area contributed by atoms with Crippen molar-refractivity contribution >= 4 is 5.97 Å². The molecule has 3 heteroatoms. The lowest BCUT2D eigenvalue weighted by Crippen LogP contribution is -2.47. The molecule has 1 heterocycles. The van der Waals surface area contributed by atoms with Crippen LogP contribution in [0.4, 0.5) is 0 Å². The van der Waals surface area contributed by atoms with E-state index in [0.29, 0.717) is 18.3 Å². The van der Waals surface area contributed by atoms with E-state index < -0.39 is 6.10 Å². The van der Waals surface area contributed by atoms with Gasteiger partial charge in [-0.15, -0.1) is 0 Å². The van der Waals surface area contributed by atoms with E-state index in [1.54, 1.807) is 0 Å². The van der Waals surface area contributed by atoms with Crippen LogP contribution >= 0.6 is 0 Å². The fraction of sp³-hybridized carbons (Fsp3) is 0.750. The van der Waals surface area contributed by atoms with Crippen molar-refractivity contribution in [1.82, 2.24) is 0 Å². The number of aliphatic hydroxyl groups is 1. The van der Waals surface area contributed by atoms with Crippen LogP contribution in [0.3, 0.4) is 0 Å². The summed E-state index contributed by atoms with van der Waals surface area (Å²) in [7, 11) is 0. The van der Waals surface area contributed by atoms with Gasteiger partial charge in [0, 0.05) is 12.3 Å². The van der Waals surface area contributed by atoms with E-state index in [0.717, 1.165) is 18.4 Å². The predicted octanol–water partition coefficient (Wildman–Crippen LogP) is 1.66. The second-order valence-corrected chi connectivity index (χ2v) is 4.62. The first kappa shape index (κ1) is 10.7. The SMILES string of the molecule is CCC1CC(=O)O[C@H]2[C@H](O)C(C)=CC[C@H]12. The average Bonchev–Trinajstić information content (AvgIpc) is 2.23. The summed E-state index contributed by atoms with van der Waals surface area (Å²) >= 11 is 0. The summed E-state index contributed by atoms with van der Waals surface area (Å²) in [5.41, 5.74) is 0.931. The largest absolute Gasteiger partial charge is 0.459 e. The monoisotopic (exact) mass is 210 g/mol. The normalized spacial score (nSPS) is 40.5. The van der Waals surface area contributed by atoms with Crippen molar-refractivity contribution in [1.29, 1.82) is 0 Å². The van der Waals surface area contributed by atoms with Crippen LogP contribution < -0.4 is 0 Å². The molecule has 0 aromatic rings. The molecule has 1 N–H and O–H groups in total. The van der Waals surface area contributed by atoms with E-state index in [4.69, 9.17) is 4.74 Å². The summed E-state index contributed by atoms with van der Waals surface area (Å²) in [4.78, 5) is 11.4. The first-order valence-electron chi connectivity index (χ1n) is 5.67. The van der Waals surface area contributed by atoms with Gasteiger partial charge in [-0.3, -0.25) is 4.79 Å². The third kappa shape index (κ3) is 1.81. The van der Waals surface area contributed by atoms with Crippen LogP contribution in [-0.2, 0) is 9.53 Å². The molecule has 1 unspecified atom stereocenters. The van der Waals surface area contributed by atoms with Crippen LogP contribution in [0.15, 0.2) is 11.6 Å². The highest BCUT2D eigenvalue weighted by molar-refractivity contribution is 5.71. The number of carbonyl (C=O) groups excluding carboxylic acids is 1. The number of allylic oxidation sites excluding steroid dienone is 1. The van der Waals surface area contributed by atoms with Gasteiger partial charge in [-0.25, -0.2) is 0 Å². The van der Waals surface area contributed by atoms with Crippen LogP contribution in [0.5, 0.6) is 0 Å². The number of carbonyl (C=O) groups is 1. The topological polar surface area (TPSA) is 46.5 Å². The van der Waals surface area contributed by atoms with Gasteiger partial charge >= 0.3 is 5.97 Å². The zero-order valence-corrected chi connectivity index (χ0v) is 9.27. The molecule has 0 bridgehead atoms. The second-order valence-electron chi connectivity index (χ2n) is 4.62. The molecule has 3 nitrogen and oxygen atoms in total. The lowest BCUT2D eigenvalue weighted by Gasteiger charge is -2.41. The average molecular weight is 210 g/mol. The maximum Gasteiger partial charge on any atom is 0.306 e. The van der Waals surface area contributed by atoms with E-state index in [1.807, 2.05) is 6.92 Å². The van der Waals surface area contributed by atoms with E-state index in [9.17, 15) is 9.90 Å². The van der Waals surface area contributed by atoms with Crippen LogP contribution in [0.25, 0.3) is 0 Å². The van der Waals surface area contributed by atoms with Gasteiger partial charge < -0.3 is 9.84 Å². The number of esters is 1. The van der Waals surface area contributed by atoms with Crippen molar-refractivity contribution < 1.29 is 14.6 Å². The molecule has 0 radical (unpaired) electrons. The minimum atomic E-state index is -0.595. The van der Waals surface area contributed by atoms with Gasteiger partial charge in [0.05, 0.1) is 0 Å². The highest BCUT2D eigenvalue weighted by atomic mass is 16.6.